The molecule has 0 unspecified atom stereocenters. The van der Waals surface area contributed by atoms with Crippen LogP contribution in [0.4, 0.5) is 4.39 Å². The van der Waals surface area contributed by atoms with E-state index in [0.717, 1.165) is 11.8 Å². The summed E-state index contributed by atoms with van der Waals surface area (Å²) in [5.74, 6) is 0.282. The fraction of sp³-hybridized carbons (Fsp3) is 0.409. The summed E-state index contributed by atoms with van der Waals surface area (Å²) >= 11 is 0. The molecule has 1 N–H and O–H groups in total. The zero-order chi connectivity index (χ0) is 20.9. The summed E-state index contributed by atoms with van der Waals surface area (Å²) in [5, 5.41) is 3.21. The smallest absolute Gasteiger partial charge is 0.480 e. The van der Waals surface area contributed by atoms with E-state index in [1.165, 1.54) is 12.1 Å². The van der Waals surface area contributed by atoms with E-state index in [-0.39, 0.29) is 5.82 Å². The molecular formula is C22H25BFNO4. The lowest BCUT2D eigenvalue weighted by atomic mass is 9.76. The Balaban J connectivity index is 1.60. The number of rotatable bonds is 5. The van der Waals surface area contributed by atoms with Gasteiger partial charge in [0.1, 0.15) is 17.9 Å². The van der Waals surface area contributed by atoms with Gasteiger partial charge in [0.2, 0.25) is 0 Å². The van der Waals surface area contributed by atoms with Gasteiger partial charge < -0.3 is 19.4 Å². The number of ether oxygens (including phenoxy) is 1. The number of carbonyl (C=O) groups is 1. The minimum atomic E-state index is -0.620. The molecule has 7 heteroatoms. The van der Waals surface area contributed by atoms with E-state index in [2.05, 4.69) is 5.32 Å². The van der Waals surface area contributed by atoms with Crippen molar-refractivity contribution in [1.29, 1.82) is 0 Å². The minimum absolute atomic E-state index is 0.286. The van der Waals surface area contributed by atoms with Gasteiger partial charge >= 0.3 is 7.12 Å². The topological polar surface area (TPSA) is 56.8 Å². The molecule has 0 aromatic heterocycles. The van der Waals surface area contributed by atoms with Crippen LogP contribution >= 0.6 is 0 Å². The Hall–Kier alpha value is -2.22. The second-order valence-electron chi connectivity index (χ2n) is 8.70. The lowest BCUT2D eigenvalue weighted by molar-refractivity contribution is 0.00578. The largest absolute Gasteiger partial charge is 0.495 e. The van der Waals surface area contributed by atoms with Gasteiger partial charge in [-0.05, 0) is 63.0 Å². The second-order valence-corrected chi connectivity index (χ2v) is 8.70. The van der Waals surface area contributed by atoms with Crippen LogP contribution in [-0.4, -0.2) is 37.7 Å². The molecule has 0 atom stereocenters. The van der Waals surface area contributed by atoms with E-state index in [1.54, 1.807) is 18.2 Å². The summed E-state index contributed by atoms with van der Waals surface area (Å²) in [7, 11) is -0.620. The van der Waals surface area contributed by atoms with Crippen molar-refractivity contribution in [3.8, 4) is 5.75 Å². The van der Waals surface area contributed by atoms with Crippen LogP contribution < -0.4 is 15.5 Å². The van der Waals surface area contributed by atoms with Crippen molar-refractivity contribution in [2.24, 2.45) is 0 Å². The number of hydrogen-bond acceptors (Lipinski definition) is 5. The molecule has 0 saturated carbocycles. The van der Waals surface area contributed by atoms with Gasteiger partial charge in [-0.15, -0.1) is 0 Å². The highest BCUT2D eigenvalue weighted by Crippen LogP contribution is 2.37. The summed E-state index contributed by atoms with van der Waals surface area (Å²) in [5.41, 5.74) is 0.463. The Morgan fingerprint density at radius 3 is 2.17 bits per heavy atom. The lowest BCUT2D eigenvalue weighted by Crippen LogP contribution is -2.60. The molecule has 4 rings (SSSR count). The van der Waals surface area contributed by atoms with Crippen LogP contribution in [0.2, 0.25) is 0 Å². The molecule has 29 heavy (non-hydrogen) atoms. The molecule has 2 aromatic carbocycles. The van der Waals surface area contributed by atoms with Crippen molar-refractivity contribution in [2.45, 2.75) is 44.5 Å². The fourth-order valence-corrected chi connectivity index (χ4v) is 3.57. The Labute approximate surface area is 170 Å². The first-order valence-corrected chi connectivity index (χ1v) is 9.76. The first-order chi connectivity index (χ1) is 13.7. The van der Waals surface area contributed by atoms with Gasteiger partial charge in [-0.1, -0.05) is 18.2 Å². The summed E-state index contributed by atoms with van der Waals surface area (Å²) in [4.78, 5) is 11.8. The zero-order valence-corrected chi connectivity index (χ0v) is 17.1. The van der Waals surface area contributed by atoms with Crippen LogP contribution in [0, 0.1) is 5.82 Å². The predicted octanol–water partition coefficient (Wildman–Crippen LogP) is 2.81. The van der Waals surface area contributed by atoms with Crippen LogP contribution in [0.3, 0.4) is 0 Å². The van der Waals surface area contributed by atoms with E-state index in [1.807, 2.05) is 39.8 Å². The van der Waals surface area contributed by atoms with Crippen LogP contribution in [0.1, 0.15) is 43.6 Å². The van der Waals surface area contributed by atoms with Gasteiger partial charge in [0.25, 0.3) is 0 Å². The third-order valence-electron chi connectivity index (χ3n) is 6.20. The van der Waals surface area contributed by atoms with Crippen LogP contribution in [0.15, 0.2) is 42.5 Å². The maximum atomic E-state index is 13.3. The van der Waals surface area contributed by atoms with E-state index in [9.17, 15) is 9.18 Å². The van der Waals surface area contributed by atoms with Crippen molar-refractivity contribution in [3.05, 3.63) is 59.4 Å². The van der Waals surface area contributed by atoms with Crippen molar-refractivity contribution in [2.75, 3.05) is 13.1 Å². The molecule has 2 fully saturated rings. The molecule has 0 radical (unpaired) electrons. The molecule has 5 nitrogen and oxygen atoms in total. The van der Waals surface area contributed by atoms with E-state index in [0.29, 0.717) is 29.9 Å². The quantitative estimate of drug-likeness (QED) is 0.621. The average molecular weight is 397 g/mol. The van der Waals surface area contributed by atoms with E-state index < -0.39 is 23.9 Å². The molecular weight excluding hydrogens is 372 g/mol. The Morgan fingerprint density at radius 1 is 1.03 bits per heavy atom. The molecule has 0 spiro atoms. The molecule has 2 aliphatic heterocycles. The zero-order valence-electron chi connectivity index (χ0n) is 17.1. The number of nitrogens with one attached hydrogen (secondary N) is 1. The number of halogens is 1. The van der Waals surface area contributed by atoms with Gasteiger partial charge in [-0.25, -0.2) is 4.39 Å². The number of aldehydes is 1. The predicted molar refractivity (Wildman–Crippen MR) is 109 cm³/mol. The lowest BCUT2D eigenvalue weighted by Gasteiger charge is -2.43. The van der Waals surface area contributed by atoms with Gasteiger partial charge in [0, 0.05) is 18.7 Å². The Morgan fingerprint density at radius 2 is 1.66 bits per heavy atom. The summed E-state index contributed by atoms with van der Waals surface area (Å²) in [6, 6.07) is 11.7. The summed E-state index contributed by atoms with van der Waals surface area (Å²) in [6.07, 6.45) is 0.789. The van der Waals surface area contributed by atoms with Gasteiger partial charge in [-0.3, -0.25) is 4.79 Å². The second kappa shape index (κ2) is 6.94. The van der Waals surface area contributed by atoms with E-state index >= 15 is 0 Å². The molecule has 0 amide bonds. The maximum Gasteiger partial charge on any atom is 0.495 e. The Kier molecular flexibility index (Phi) is 4.80. The van der Waals surface area contributed by atoms with Crippen LogP contribution in [-0.2, 0) is 14.9 Å². The van der Waals surface area contributed by atoms with Crippen molar-refractivity contribution in [3.63, 3.8) is 0 Å². The molecule has 2 aliphatic rings. The van der Waals surface area contributed by atoms with Gasteiger partial charge in [0.05, 0.1) is 11.2 Å². The van der Waals surface area contributed by atoms with Crippen molar-refractivity contribution in [1.82, 2.24) is 5.32 Å². The number of carbonyl (C=O) groups excluding carboxylic acids is 1. The van der Waals surface area contributed by atoms with E-state index in [4.69, 9.17) is 14.0 Å². The number of hydrogen-bond donors (Lipinski definition) is 1. The van der Waals surface area contributed by atoms with Gasteiger partial charge in [0.15, 0.2) is 5.60 Å². The van der Waals surface area contributed by atoms with Gasteiger partial charge in [-0.2, -0.15) is 0 Å². The summed E-state index contributed by atoms with van der Waals surface area (Å²) in [6.45, 7) is 9.10. The number of benzene rings is 2. The third kappa shape index (κ3) is 3.48. The molecule has 2 aromatic rings. The van der Waals surface area contributed by atoms with Crippen LogP contribution in [0.25, 0.3) is 0 Å². The monoisotopic (exact) mass is 397 g/mol. The SMILES string of the molecule is CC1(C)OB(c2ccc(OC3(c4ccc(F)cc4)CNC3)cc2C=O)OC1(C)C. The molecule has 152 valence electrons. The highest BCUT2D eigenvalue weighted by atomic mass is 19.1. The molecule has 2 heterocycles. The standard InChI is InChI=1S/C22H25BFNO4/c1-20(2)21(3,4)29-23(28-20)19-10-9-18(11-15(19)12-26)27-22(13-25-14-22)16-5-7-17(24)8-6-16/h5-12,25H,13-14H2,1-4H3. The fourth-order valence-electron chi connectivity index (χ4n) is 3.57. The first-order valence-electron chi connectivity index (χ1n) is 9.76. The normalized spacial score (nSPS) is 21.5. The van der Waals surface area contributed by atoms with Crippen LogP contribution in [0.5, 0.6) is 5.75 Å². The maximum absolute atomic E-state index is 13.3. The summed E-state index contributed by atoms with van der Waals surface area (Å²) < 4.78 is 31.7. The Bertz CT molecular complexity index is 909. The minimum Gasteiger partial charge on any atom is -0.480 e. The molecule has 0 bridgehead atoms. The molecule has 2 saturated heterocycles. The third-order valence-corrected chi connectivity index (χ3v) is 6.20. The first kappa shape index (κ1) is 20.1. The average Bonchev–Trinajstić information content (AvgIpc) is 2.86. The highest BCUT2D eigenvalue weighted by Gasteiger charge is 2.52. The van der Waals surface area contributed by atoms with Crippen molar-refractivity contribution < 1.29 is 23.2 Å². The highest BCUT2D eigenvalue weighted by molar-refractivity contribution is 6.63. The molecule has 0 aliphatic carbocycles. The van der Waals surface area contributed by atoms with Crippen molar-refractivity contribution >= 4 is 18.9 Å².